The number of carbonyl (C=O) groups excluding carboxylic acids is 1. The summed E-state index contributed by atoms with van der Waals surface area (Å²) in [5.74, 6) is -3.17. The van der Waals surface area contributed by atoms with Gasteiger partial charge in [0.25, 0.3) is 5.91 Å². The summed E-state index contributed by atoms with van der Waals surface area (Å²) in [5.41, 5.74) is -1.41. The summed E-state index contributed by atoms with van der Waals surface area (Å²) >= 11 is 5.92. The van der Waals surface area contributed by atoms with Gasteiger partial charge in [0.1, 0.15) is 0 Å². The first-order valence-electron chi connectivity index (χ1n) is 9.39. The zero-order valence-electron chi connectivity index (χ0n) is 17.4. The number of aliphatic carboxylic acids is 1. The first-order chi connectivity index (χ1) is 13.8. The molecule has 2 N–H and O–H groups in total. The molecule has 7 heteroatoms. The molecule has 0 aliphatic carbocycles. The smallest absolute Gasteiger partial charge is 0.314 e. The molecule has 5 nitrogen and oxygen atoms in total. The number of aromatic hydroxyl groups is 1. The molecule has 1 heterocycles. The Labute approximate surface area is 178 Å². The maximum Gasteiger partial charge on any atom is 0.314 e. The highest BCUT2D eigenvalue weighted by Crippen LogP contribution is 2.48. The number of phenolic OH excluding ortho intramolecular Hbond substituents is 1. The number of benzene rings is 2. The largest absolute Gasteiger partial charge is 0.505 e. The standard InChI is InChI=1S/C23H23ClFNO4/c1-12-18(23(5,21(29)30)22(2,3)4)17-15(10-11-16(27)19(17)25)26(12)20(28)13-6-8-14(24)9-7-13/h6-11,27H,1-5H3,(H,29,30)/t23-/m1/s1. The number of phenols is 1. The van der Waals surface area contributed by atoms with Crippen LogP contribution < -0.4 is 0 Å². The van der Waals surface area contributed by atoms with Gasteiger partial charge in [-0.1, -0.05) is 32.4 Å². The summed E-state index contributed by atoms with van der Waals surface area (Å²) in [7, 11) is 0. The lowest BCUT2D eigenvalue weighted by Gasteiger charge is -2.39. The number of carboxylic acid groups (broad SMARTS) is 1. The van der Waals surface area contributed by atoms with Crippen molar-refractivity contribution in [3.8, 4) is 5.75 Å². The molecule has 0 saturated heterocycles. The molecule has 0 saturated carbocycles. The Kier molecular flexibility index (Phi) is 5.19. The van der Waals surface area contributed by atoms with E-state index in [0.29, 0.717) is 16.3 Å². The molecule has 0 aliphatic heterocycles. The average molecular weight is 432 g/mol. The number of halogens is 2. The summed E-state index contributed by atoms with van der Waals surface area (Å²) in [6.07, 6.45) is 0. The lowest BCUT2D eigenvalue weighted by molar-refractivity contribution is -0.147. The molecular formula is C23H23ClFNO4. The third kappa shape index (κ3) is 3.06. The van der Waals surface area contributed by atoms with Crippen molar-refractivity contribution in [2.45, 2.75) is 40.0 Å². The Balaban J connectivity index is 2.47. The number of hydrogen-bond acceptors (Lipinski definition) is 3. The number of carbonyl (C=O) groups is 2. The minimum atomic E-state index is -1.55. The number of carboxylic acids is 1. The van der Waals surface area contributed by atoms with E-state index in [1.807, 2.05) is 0 Å². The molecule has 30 heavy (non-hydrogen) atoms. The molecule has 3 rings (SSSR count). The molecule has 0 unspecified atom stereocenters. The van der Waals surface area contributed by atoms with E-state index in [0.717, 1.165) is 6.07 Å². The number of nitrogens with zero attached hydrogens (tertiary/aromatic N) is 1. The minimum Gasteiger partial charge on any atom is -0.505 e. The zero-order chi connectivity index (χ0) is 22.6. The second kappa shape index (κ2) is 7.13. The van der Waals surface area contributed by atoms with E-state index in [4.69, 9.17) is 11.6 Å². The Morgan fingerprint density at radius 3 is 2.10 bits per heavy atom. The molecule has 3 aromatic rings. The van der Waals surface area contributed by atoms with Gasteiger partial charge < -0.3 is 10.2 Å². The van der Waals surface area contributed by atoms with E-state index >= 15 is 4.39 Å². The van der Waals surface area contributed by atoms with Crippen LogP contribution in [-0.4, -0.2) is 26.7 Å². The average Bonchev–Trinajstić information content (AvgIpc) is 2.96. The Morgan fingerprint density at radius 1 is 1.03 bits per heavy atom. The molecular weight excluding hydrogens is 409 g/mol. The van der Waals surface area contributed by atoms with Crippen molar-refractivity contribution in [3.05, 3.63) is 64.1 Å². The summed E-state index contributed by atoms with van der Waals surface area (Å²) in [6.45, 7) is 8.33. The highest BCUT2D eigenvalue weighted by molar-refractivity contribution is 6.30. The van der Waals surface area contributed by atoms with Gasteiger partial charge >= 0.3 is 5.97 Å². The van der Waals surface area contributed by atoms with Crippen LogP contribution in [0.5, 0.6) is 5.75 Å². The van der Waals surface area contributed by atoms with Gasteiger partial charge in [0.05, 0.1) is 10.9 Å². The number of rotatable bonds is 3. The first-order valence-corrected chi connectivity index (χ1v) is 9.76. The minimum absolute atomic E-state index is 0.0744. The Hall–Kier alpha value is -2.86. The fourth-order valence-electron chi connectivity index (χ4n) is 3.85. The van der Waals surface area contributed by atoms with Gasteiger partial charge in [0.15, 0.2) is 11.6 Å². The van der Waals surface area contributed by atoms with Crippen molar-refractivity contribution in [2.75, 3.05) is 0 Å². The van der Waals surface area contributed by atoms with E-state index in [1.165, 1.54) is 17.6 Å². The van der Waals surface area contributed by atoms with Gasteiger partial charge in [0, 0.05) is 27.2 Å². The van der Waals surface area contributed by atoms with Crippen LogP contribution in [0.3, 0.4) is 0 Å². The van der Waals surface area contributed by atoms with Crippen LogP contribution in [0.25, 0.3) is 10.9 Å². The topological polar surface area (TPSA) is 79.5 Å². The first kappa shape index (κ1) is 21.8. The van der Waals surface area contributed by atoms with Crippen LogP contribution >= 0.6 is 11.6 Å². The summed E-state index contributed by atoms with van der Waals surface area (Å²) in [4.78, 5) is 25.8. The van der Waals surface area contributed by atoms with Crippen LogP contribution in [0.15, 0.2) is 36.4 Å². The maximum atomic E-state index is 15.2. The number of aromatic nitrogens is 1. The molecule has 1 atom stereocenters. The van der Waals surface area contributed by atoms with Gasteiger partial charge in [-0.2, -0.15) is 0 Å². The SMILES string of the molecule is Cc1c([C@](C)(C(=O)O)C(C)(C)C)c2c(F)c(O)ccc2n1C(=O)c1ccc(Cl)cc1. The van der Waals surface area contributed by atoms with Gasteiger partial charge in [-0.25, -0.2) is 4.39 Å². The second-order valence-electron chi connectivity index (χ2n) is 8.58. The van der Waals surface area contributed by atoms with Gasteiger partial charge in [-0.3, -0.25) is 14.2 Å². The predicted molar refractivity (Wildman–Crippen MR) is 114 cm³/mol. The fraction of sp³-hybridized carbons (Fsp3) is 0.304. The van der Waals surface area contributed by atoms with E-state index < -0.39 is 34.3 Å². The number of fused-ring (bicyclic) bond motifs is 1. The van der Waals surface area contributed by atoms with Crippen LogP contribution in [0.4, 0.5) is 4.39 Å². The molecule has 0 aliphatic rings. The molecule has 0 radical (unpaired) electrons. The van der Waals surface area contributed by atoms with E-state index in [-0.39, 0.29) is 16.5 Å². The van der Waals surface area contributed by atoms with Crippen LogP contribution in [-0.2, 0) is 10.2 Å². The van der Waals surface area contributed by atoms with Crippen molar-refractivity contribution in [2.24, 2.45) is 5.41 Å². The highest BCUT2D eigenvalue weighted by atomic mass is 35.5. The lowest BCUT2D eigenvalue weighted by Crippen LogP contribution is -2.45. The predicted octanol–water partition coefficient (Wildman–Crippen LogP) is 5.52. The van der Waals surface area contributed by atoms with Crippen LogP contribution in [0, 0.1) is 18.2 Å². The van der Waals surface area contributed by atoms with E-state index in [9.17, 15) is 19.8 Å². The number of hydrogen-bond donors (Lipinski definition) is 2. The normalized spacial score (nSPS) is 14.0. The highest BCUT2D eigenvalue weighted by Gasteiger charge is 2.49. The maximum absolute atomic E-state index is 15.2. The molecule has 0 bridgehead atoms. The quantitative estimate of drug-likeness (QED) is 0.571. The second-order valence-corrected chi connectivity index (χ2v) is 9.02. The third-order valence-electron chi connectivity index (χ3n) is 6.01. The molecule has 0 amide bonds. The van der Waals surface area contributed by atoms with Crippen molar-refractivity contribution in [3.63, 3.8) is 0 Å². The third-order valence-corrected chi connectivity index (χ3v) is 6.26. The Bertz CT molecular complexity index is 1170. The molecule has 1 aromatic heterocycles. The molecule has 0 fully saturated rings. The molecule has 0 spiro atoms. The van der Waals surface area contributed by atoms with Crippen LogP contribution in [0.1, 0.15) is 49.3 Å². The van der Waals surface area contributed by atoms with Crippen molar-refractivity contribution >= 4 is 34.4 Å². The van der Waals surface area contributed by atoms with Crippen LogP contribution in [0.2, 0.25) is 5.02 Å². The molecule has 158 valence electrons. The fourth-order valence-corrected chi connectivity index (χ4v) is 3.98. The van der Waals surface area contributed by atoms with E-state index in [1.54, 1.807) is 52.0 Å². The zero-order valence-corrected chi connectivity index (χ0v) is 18.1. The summed E-state index contributed by atoms with van der Waals surface area (Å²) in [5, 5.41) is 20.6. The molecule has 2 aromatic carbocycles. The lowest BCUT2D eigenvalue weighted by atomic mass is 9.63. The van der Waals surface area contributed by atoms with Gasteiger partial charge in [-0.15, -0.1) is 0 Å². The van der Waals surface area contributed by atoms with Crippen molar-refractivity contribution in [1.82, 2.24) is 4.57 Å². The monoisotopic (exact) mass is 431 g/mol. The Morgan fingerprint density at radius 2 is 1.60 bits per heavy atom. The summed E-state index contributed by atoms with van der Waals surface area (Å²) in [6, 6.07) is 8.81. The van der Waals surface area contributed by atoms with E-state index in [2.05, 4.69) is 0 Å². The summed E-state index contributed by atoms with van der Waals surface area (Å²) < 4.78 is 16.5. The van der Waals surface area contributed by atoms with Crippen molar-refractivity contribution < 1.29 is 24.2 Å². The van der Waals surface area contributed by atoms with Gasteiger partial charge in [-0.05, 0) is 55.7 Å². The van der Waals surface area contributed by atoms with Crippen molar-refractivity contribution in [1.29, 1.82) is 0 Å². The van der Waals surface area contributed by atoms with Gasteiger partial charge in [0.2, 0.25) is 0 Å².